The second-order valence-electron chi connectivity index (χ2n) is 7.43. The summed E-state index contributed by atoms with van der Waals surface area (Å²) in [5, 5.41) is 0. The molecule has 1 aliphatic heterocycles. The normalized spacial score (nSPS) is 19.9. The topological polar surface area (TPSA) is 61.8 Å². The second-order valence-corrected chi connectivity index (χ2v) is 9.03. The molecule has 0 saturated carbocycles. The molecule has 28 heavy (non-hydrogen) atoms. The van der Waals surface area contributed by atoms with E-state index in [0.29, 0.717) is 25.2 Å². The van der Waals surface area contributed by atoms with Gasteiger partial charge in [0.2, 0.25) is 0 Å². The first-order valence-corrected chi connectivity index (χ1v) is 10.6. The lowest BCUT2D eigenvalue weighted by Gasteiger charge is -2.37. The van der Waals surface area contributed by atoms with Gasteiger partial charge in [-0.15, -0.1) is 0 Å². The lowest BCUT2D eigenvalue weighted by atomic mass is 9.87. The zero-order valence-corrected chi connectivity index (χ0v) is 17.6. The lowest BCUT2D eigenvalue weighted by Crippen LogP contribution is -2.43. The van der Waals surface area contributed by atoms with Crippen LogP contribution in [0.4, 0.5) is 13.2 Å². The summed E-state index contributed by atoms with van der Waals surface area (Å²) in [7, 11) is -5.66. The van der Waals surface area contributed by atoms with Crippen molar-refractivity contribution in [1.29, 1.82) is 0 Å². The molecule has 0 bridgehead atoms. The van der Waals surface area contributed by atoms with Gasteiger partial charge in [-0.05, 0) is 63.6 Å². The molecule has 0 radical (unpaired) electrons. The number of hydrogen-bond acceptors (Lipinski definition) is 5. The summed E-state index contributed by atoms with van der Waals surface area (Å²) in [5.74, 6) is 1.38. The Morgan fingerprint density at radius 3 is 2.36 bits per heavy atom. The first-order chi connectivity index (χ1) is 12.8. The van der Waals surface area contributed by atoms with Crippen LogP contribution in [-0.4, -0.2) is 32.7 Å². The maximum Gasteiger partial charge on any atom is 0.523 e. The van der Waals surface area contributed by atoms with Gasteiger partial charge in [-0.2, -0.15) is 21.6 Å². The van der Waals surface area contributed by atoms with Gasteiger partial charge in [0.15, 0.2) is 0 Å². The van der Waals surface area contributed by atoms with Crippen LogP contribution in [0.1, 0.15) is 55.4 Å². The average Bonchev–Trinajstić information content (AvgIpc) is 2.60. The number of rotatable bonds is 7. The minimum Gasteiger partial charge on any atom is -0.493 e. The van der Waals surface area contributed by atoms with Gasteiger partial charge in [0.1, 0.15) is 23.7 Å². The summed E-state index contributed by atoms with van der Waals surface area (Å²) in [6.45, 7) is 9.24. The Balaban J connectivity index is 2.27. The van der Waals surface area contributed by atoms with E-state index in [1.54, 1.807) is 6.92 Å². The fourth-order valence-corrected chi connectivity index (χ4v) is 3.73. The quantitative estimate of drug-likeness (QED) is 0.359. The molecule has 1 aliphatic rings. The van der Waals surface area contributed by atoms with Crippen molar-refractivity contribution in [3.63, 3.8) is 0 Å². The smallest absolute Gasteiger partial charge is 0.493 e. The van der Waals surface area contributed by atoms with E-state index >= 15 is 0 Å². The van der Waals surface area contributed by atoms with E-state index in [1.165, 1.54) is 0 Å². The van der Waals surface area contributed by atoms with E-state index in [4.69, 9.17) is 9.47 Å². The predicted molar refractivity (Wildman–Crippen MR) is 99.3 cm³/mol. The van der Waals surface area contributed by atoms with Gasteiger partial charge in [0.25, 0.3) is 0 Å². The van der Waals surface area contributed by atoms with Crippen molar-refractivity contribution in [2.45, 2.75) is 71.4 Å². The van der Waals surface area contributed by atoms with E-state index in [2.05, 4.69) is 11.1 Å². The maximum absolute atomic E-state index is 12.5. The Kier molecular flexibility index (Phi) is 6.60. The molecule has 0 N–H and O–H groups in total. The molecule has 0 saturated heterocycles. The Morgan fingerprint density at radius 2 is 1.79 bits per heavy atom. The minimum atomic E-state index is -5.66. The molecule has 0 fully saturated rings. The van der Waals surface area contributed by atoms with Crippen molar-refractivity contribution < 1.29 is 35.2 Å². The van der Waals surface area contributed by atoms with Crippen LogP contribution in [0.25, 0.3) is 0 Å². The van der Waals surface area contributed by atoms with Gasteiger partial charge in [-0.3, -0.25) is 4.18 Å². The number of ether oxygens (including phenoxy) is 2. The molecule has 0 amide bonds. The van der Waals surface area contributed by atoms with Crippen molar-refractivity contribution in [3.8, 4) is 11.5 Å². The van der Waals surface area contributed by atoms with Gasteiger partial charge >= 0.3 is 15.6 Å². The number of benzene rings is 1. The first kappa shape index (κ1) is 22.8. The highest BCUT2D eigenvalue weighted by molar-refractivity contribution is 7.87. The Bertz CT molecular complexity index is 833. The molecule has 0 aliphatic carbocycles. The van der Waals surface area contributed by atoms with Crippen molar-refractivity contribution in [2.24, 2.45) is 0 Å². The second kappa shape index (κ2) is 8.10. The Labute approximate surface area is 164 Å². The molecule has 2 rings (SSSR count). The highest BCUT2D eigenvalue weighted by Crippen LogP contribution is 2.44. The van der Waals surface area contributed by atoms with Crippen molar-refractivity contribution in [1.82, 2.24) is 0 Å². The molecule has 1 unspecified atom stereocenters. The summed E-state index contributed by atoms with van der Waals surface area (Å²) in [4.78, 5) is 0. The lowest BCUT2D eigenvalue weighted by molar-refractivity contribution is -0.0606. The predicted octanol–water partition coefficient (Wildman–Crippen LogP) is 4.74. The molecule has 1 atom stereocenters. The average molecular weight is 424 g/mol. The molecule has 9 heteroatoms. The third kappa shape index (κ3) is 4.56. The molecular weight excluding hydrogens is 397 g/mol. The summed E-state index contributed by atoms with van der Waals surface area (Å²) in [5.41, 5.74) is -3.02. The van der Waals surface area contributed by atoms with E-state index in [0.717, 1.165) is 40.8 Å². The first-order valence-electron chi connectivity index (χ1n) is 9.23. The van der Waals surface area contributed by atoms with Crippen molar-refractivity contribution in [2.75, 3.05) is 13.2 Å². The molecule has 1 aromatic carbocycles. The van der Waals surface area contributed by atoms with Crippen LogP contribution in [-0.2, 0) is 20.7 Å². The van der Waals surface area contributed by atoms with Gasteiger partial charge in [-0.25, -0.2) is 0 Å². The molecule has 0 spiro atoms. The van der Waals surface area contributed by atoms with Gasteiger partial charge in [-0.1, -0.05) is 13.3 Å². The zero-order chi connectivity index (χ0) is 21.3. The van der Waals surface area contributed by atoms with Gasteiger partial charge < -0.3 is 9.47 Å². The number of alkyl halides is 3. The minimum absolute atomic E-state index is 0.325. The molecule has 0 aromatic heterocycles. The van der Waals surface area contributed by atoms with Crippen molar-refractivity contribution >= 4 is 10.1 Å². The van der Waals surface area contributed by atoms with Crippen LogP contribution in [0, 0.1) is 20.8 Å². The van der Waals surface area contributed by atoms with Crippen LogP contribution in [0.15, 0.2) is 0 Å². The maximum atomic E-state index is 12.5. The summed E-state index contributed by atoms with van der Waals surface area (Å²) >= 11 is 0. The van der Waals surface area contributed by atoms with Crippen LogP contribution < -0.4 is 9.47 Å². The Hall–Kier alpha value is -1.48. The van der Waals surface area contributed by atoms with Crippen LogP contribution >= 0.6 is 0 Å². The van der Waals surface area contributed by atoms with Crippen LogP contribution in [0.2, 0.25) is 0 Å². The highest BCUT2D eigenvalue weighted by Gasteiger charge is 2.49. The highest BCUT2D eigenvalue weighted by atomic mass is 32.2. The summed E-state index contributed by atoms with van der Waals surface area (Å²) < 4.78 is 76.2. The van der Waals surface area contributed by atoms with Gasteiger partial charge in [0.05, 0.1) is 6.61 Å². The molecule has 1 aromatic rings. The zero-order valence-electron chi connectivity index (χ0n) is 16.8. The number of fused-ring (bicyclic) bond motifs is 1. The summed E-state index contributed by atoms with van der Waals surface area (Å²) in [6.07, 6.45) is 2.81. The molecule has 1 heterocycles. The van der Waals surface area contributed by atoms with Crippen LogP contribution in [0.3, 0.4) is 0 Å². The van der Waals surface area contributed by atoms with Gasteiger partial charge in [0, 0.05) is 5.56 Å². The number of unbranched alkanes of at least 4 members (excludes halogenated alkanes) is 1. The van der Waals surface area contributed by atoms with Crippen molar-refractivity contribution in [3.05, 3.63) is 22.3 Å². The van der Waals surface area contributed by atoms with E-state index in [9.17, 15) is 21.6 Å². The molecule has 160 valence electrons. The van der Waals surface area contributed by atoms with E-state index < -0.39 is 27.8 Å². The molecule has 5 nitrogen and oxygen atoms in total. The van der Waals surface area contributed by atoms with E-state index in [1.807, 2.05) is 20.8 Å². The third-order valence-corrected chi connectivity index (χ3v) is 6.11. The largest absolute Gasteiger partial charge is 0.523 e. The Morgan fingerprint density at radius 1 is 1.14 bits per heavy atom. The fraction of sp³-hybridized carbons (Fsp3) is 0.684. The third-order valence-electron chi connectivity index (χ3n) is 5.11. The SMILES string of the molecule is CCCCOc1c(C)c(C)c2c(c1C)CCC(C)(COS(=O)(=O)C(F)(F)F)O2. The number of halogens is 3. The number of hydrogen-bond donors (Lipinski definition) is 0. The summed E-state index contributed by atoms with van der Waals surface area (Å²) in [6, 6.07) is 0. The fourth-order valence-electron chi connectivity index (χ4n) is 3.19. The standard InChI is InChI=1S/C19H27F3O5S/c1-6-7-10-25-16-12(2)13(3)17-15(14(16)4)8-9-18(5,27-17)11-26-28(23,24)19(20,21)22/h6-11H2,1-5H3. The van der Waals surface area contributed by atoms with Crippen LogP contribution in [0.5, 0.6) is 11.5 Å². The van der Waals surface area contributed by atoms with E-state index in [-0.39, 0.29) is 0 Å². The monoisotopic (exact) mass is 424 g/mol. The molecular formula is C19H27F3O5S.